The zero-order valence-corrected chi connectivity index (χ0v) is 13.5. The number of carbonyl (C=O) groups excluding carboxylic acids is 2. The van der Waals surface area contributed by atoms with Crippen LogP contribution in [0.25, 0.3) is 0 Å². The second kappa shape index (κ2) is 8.64. The van der Waals surface area contributed by atoms with Gasteiger partial charge in [-0.3, -0.25) is 14.5 Å². The Morgan fingerprint density at radius 2 is 2.13 bits per heavy atom. The predicted molar refractivity (Wildman–Crippen MR) is 89.7 cm³/mol. The molecular weight excluding hydrogens is 292 g/mol. The largest absolute Gasteiger partial charge is 0.366 e. The quantitative estimate of drug-likeness (QED) is 0.685. The first kappa shape index (κ1) is 17.4. The summed E-state index contributed by atoms with van der Waals surface area (Å²) in [5, 5.41) is 2.96. The van der Waals surface area contributed by atoms with E-state index in [1.54, 1.807) is 6.07 Å². The van der Waals surface area contributed by atoms with Gasteiger partial charge in [-0.1, -0.05) is 18.6 Å². The Morgan fingerprint density at radius 3 is 2.87 bits per heavy atom. The summed E-state index contributed by atoms with van der Waals surface area (Å²) in [6.07, 6.45) is 3.77. The molecule has 0 saturated carbocycles. The molecule has 1 fully saturated rings. The summed E-state index contributed by atoms with van der Waals surface area (Å²) in [5.74, 6) is -0.398. The van der Waals surface area contributed by atoms with E-state index in [-0.39, 0.29) is 5.91 Å². The number of primary amides is 1. The van der Waals surface area contributed by atoms with E-state index in [1.807, 2.05) is 18.2 Å². The number of likely N-dealkylation sites (tertiary alicyclic amines) is 1. The standard InChI is InChI=1S/C17H26N4O2/c18-8-7-16(22)20-11-15-6-1-2-9-21(15)12-13-4-3-5-14(10-13)17(19)23/h3-5,10,15H,1-2,6-9,11-12,18H2,(H2,19,23)(H,20,22). The maximum Gasteiger partial charge on any atom is 0.248 e. The van der Waals surface area contributed by atoms with Gasteiger partial charge in [-0.25, -0.2) is 0 Å². The van der Waals surface area contributed by atoms with E-state index in [1.165, 1.54) is 6.42 Å². The third kappa shape index (κ3) is 5.33. The van der Waals surface area contributed by atoms with Crippen molar-refractivity contribution in [3.8, 4) is 0 Å². The van der Waals surface area contributed by atoms with Gasteiger partial charge in [-0.15, -0.1) is 0 Å². The highest BCUT2D eigenvalue weighted by Crippen LogP contribution is 2.19. The maximum absolute atomic E-state index is 11.6. The molecule has 1 aromatic rings. The van der Waals surface area contributed by atoms with Gasteiger partial charge in [0.1, 0.15) is 0 Å². The number of benzene rings is 1. The molecule has 5 N–H and O–H groups in total. The molecule has 0 spiro atoms. The fourth-order valence-electron chi connectivity index (χ4n) is 3.01. The molecule has 1 aromatic carbocycles. The third-order valence-corrected chi connectivity index (χ3v) is 4.25. The van der Waals surface area contributed by atoms with Crippen LogP contribution in [0.3, 0.4) is 0 Å². The van der Waals surface area contributed by atoms with Gasteiger partial charge in [0.2, 0.25) is 11.8 Å². The number of amides is 2. The van der Waals surface area contributed by atoms with Gasteiger partial charge in [-0.05, 0) is 37.1 Å². The molecule has 126 valence electrons. The fraction of sp³-hybridized carbons (Fsp3) is 0.529. The zero-order valence-electron chi connectivity index (χ0n) is 13.5. The van der Waals surface area contributed by atoms with Crippen LogP contribution in [-0.2, 0) is 11.3 Å². The maximum atomic E-state index is 11.6. The van der Waals surface area contributed by atoms with Gasteiger partial charge >= 0.3 is 0 Å². The molecule has 1 saturated heterocycles. The topological polar surface area (TPSA) is 101 Å². The Labute approximate surface area is 137 Å². The van der Waals surface area contributed by atoms with Gasteiger partial charge in [0.15, 0.2) is 0 Å². The lowest BCUT2D eigenvalue weighted by molar-refractivity contribution is -0.121. The van der Waals surface area contributed by atoms with Gasteiger partial charge in [0.25, 0.3) is 0 Å². The van der Waals surface area contributed by atoms with E-state index in [0.717, 1.165) is 31.5 Å². The molecule has 2 rings (SSSR count). The van der Waals surface area contributed by atoms with E-state index >= 15 is 0 Å². The summed E-state index contributed by atoms with van der Waals surface area (Å²) in [6, 6.07) is 7.76. The van der Waals surface area contributed by atoms with Crippen LogP contribution in [0.4, 0.5) is 0 Å². The highest BCUT2D eigenvalue weighted by Gasteiger charge is 2.23. The molecule has 1 atom stereocenters. The lowest BCUT2D eigenvalue weighted by Crippen LogP contribution is -2.46. The van der Waals surface area contributed by atoms with Gasteiger partial charge in [0.05, 0.1) is 0 Å². The van der Waals surface area contributed by atoms with Crippen molar-refractivity contribution in [2.24, 2.45) is 11.5 Å². The van der Waals surface area contributed by atoms with Crippen LogP contribution in [0, 0.1) is 0 Å². The molecule has 1 aliphatic rings. The average Bonchev–Trinajstić information content (AvgIpc) is 2.54. The first-order chi connectivity index (χ1) is 11.1. The minimum Gasteiger partial charge on any atom is -0.366 e. The first-order valence-corrected chi connectivity index (χ1v) is 8.19. The van der Waals surface area contributed by atoms with E-state index in [0.29, 0.717) is 31.1 Å². The first-order valence-electron chi connectivity index (χ1n) is 8.19. The summed E-state index contributed by atoms with van der Waals surface area (Å²) in [7, 11) is 0. The van der Waals surface area contributed by atoms with Crippen molar-refractivity contribution >= 4 is 11.8 Å². The van der Waals surface area contributed by atoms with Crippen molar-refractivity contribution in [2.45, 2.75) is 38.3 Å². The molecule has 0 aliphatic carbocycles. The summed E-state index contributed by atoms with van der Waals surface area (Å²) in [5.41, 5.74) is 12.3. The van der Waals surface area contributed by atoms with Crippen LogP contribution in [0.2, 0.25) is 0 Å². The lowest BCUT2D eigenvalue weighted by Gasteiger charge is -2.36. The van der Waals surface area contributed by atoms with Crippen LogP contribution < -0.4 is 16.8 Å². The van der Waals surface area contributed by atoms with Crippen LogP contribution >= 0.6 is 0 Å². The van der Waals surface area contributed by atoms with Crippen LogP contribution in [-0.4, -0.2) is 42.4 Å². The summed E-state index contributed by atoms with van der Waals surface area (Å²) in [4.78, 5) is 25.3. The summed E-state index contributed by atoms with van der Waals surface area (Å²) < 4.78 is 0. The monoisotopic (exact) mass is 318 g/mol. The van der Waals surface area contributed by atoms with E-state index in [2.05, 4.69) is 10.2 Å². The molecule has 6 heteroatoms. The zero-order chi connectivity index (χ0) is 16.7. The highest BCUT2D eigenvalue weighted by molar-refractivity contribution is 5.92. The molecule has 0 radical (unpaired) electrons. The molecule has 1 aliphatic heterocycles. The molecule has 2 amide bonds. The Balaban J connectivity index is 1.96. The Kier molecular flexibility index (Phi) is 6.55. The van der Waals surface area contributed by atoms with Gasteiger partial charge < -0.3 is 16.8 Å². The van der Waals surface area contributed by atoms with Crippen LogP contribution in [0.5, 0.6) is 0 Å². The third-order valence-electron chi connectivity index (χ3n) is 4.25. The predicted octanol–water partition coefficient (Wildman–Crippen LogP) is 0.605. The number of nitrogens with zero attached hydrogens (tertiary/aromatic N) is 1. The van der Waals surface area contributed by atoms with Gasteiger partial charge in [-0.2, -0.15) is 0 Å². The van der Waals surface area contributed by atoms with Crippen LogP contribution in [0.15, 0.2) is 24.3 Å². The van der Waals surface area contributed by atoms with E-state index in [9.17, 15) is 9.59 Å². The fourth-order valence-corrected chi connectivity index (χ4v) is 3.01. The molecule has 0 bridgehead atoms. The van der Waals surface area contributed by atoms with Crippen molar-refractivity contribution in [3.63, 3.8) is 0 Å². The molecule has 0 aromatic heterocycles. The average molecular weight is 318 g/mol. The number of hydrogen-bond acceptors (Lipinski definition) is 4. The number of rotatable bonds is 7. The number of nitrogens with two attached hydrogens (primary N) is 2. The normalized spacial score (nSPS) is 18.6. The Hall–Kier alpha value is -1.92. The minimum absolute atomic E-state index is 0.00810. The number of nitrogens with one attached hydrogen (secondary N) is 1. The van der Waals surface area contributed by atoms with Crippen molar-refractivity contribution < 1.29 is 9.59 Å². The van der Waals surface area contributed by atoms with Gasteiger partial charge in [0, 0.05) is 37.7 Å². The van der Waals surface area contributed by atoms with Crippen LogP contribution in [0.1, 0.15) is 41.6 Å². The van der Waals surface area contributed by atoms with Crippen molar-refractivity contribution in [1.82, 2.24) is 10.2 Å². The Morgan fingerprint density at radius 1 is 1.30 bits per heavy atom. The van der Waals surface area contributed by atoms with Crippen molar-refractivity contribution in [2.75, 3.05) is 19.6 Å². The highest BCUT2D eigenvalue weighted by atomic mass is 16.1. The number of hydrogen-bond donors (Lipinski definition) is 3. The van der Waals surface area contributed by atoms with Crippen molar-refractivity contribution in [1.29, 1.82) is 0 Å². The smallest absolute Gasteiger partial charge is 0.248 e. The molecule has 23 heavy (non-hydrogen) atoms. The molecule has 1 heterocycles. The minimum atomic E-state index is -0.406. The Bertz CT molecular complexity index is 547. The summed E-state index contributed by atoms with van der Waals surface area (Å²) >= 11 is 0. The van der Waals surface area contributed by atoms with E-state index in [4.69, 9.17) is 11.5 Å². The van der Waals surface area contributed by atoms with E-state index < -0.39 is 5.91 Å². The second-order valence-corrected chi connectivity index (χ2v) is 6.03. The number of carbonyl (C=O) groups is 2. The molecular formula is C17H26N4O2. The number of piperidine rings is 1. The molecule has 6 nitrogen and oxygen atoms in total. The molecule has 1 unspecified atom stereocenters. The SMILES string of the molecule is NCCC(=O)NCC1CCCCN1Cc1cccc(C(N)=O)c1. The summed E-state index contributed by atoms with van der Waals surface area (Å²) in [6.45, 7) is 2.78. The second-order valence-electron chi connectivity index (χ2n) is 6.03. The lowest BCUT2D eigenvalue weighted by atomic mass is 10.0. The van der Waals surface area contributed by atoms with Crippen molar-refractivity contribution in [3.05, 3.63) is 35.4 Å².